The fraction of sp³-hybridized carbons (Fsp3) is 0.400. The molecule has 0 saturated carbocycles. The van der Waals surface area contributed by atoms with Gasteiger partial charge in [-0.05, 0) is 54.1 Å². The molecule has 3 aliphatic heterocycles. The Morgan fingerprint density at radius 2 is 1.62 bits per heavy atom. The molecule has 1 aromatic heterocycles. The smallest absolute Gasteiger partial charge is 0.250 e. The Labute approximate surface area is 232 Å². The predicted octanol–water partition coefficient (Wildman–Crippen LogP) is 2.87. The summed E-state index contributed by atoms with van der Waals surface area (Å²) in [6.45, 7) is 2.35. The Morgan fingerprint density at radius 3 is 2.33 bits per heavy atom. The fourth-order valence-electron chi connectivity index (χ4n) is 6.97. The molecule has 0 unspecified atom stereocenters. The van der Waals surface area contributed by atoms with Crippen molar-refractivity contribution in [1.29, 1.82) is 0 Å². The third kappa shape index (κ3) is 4.06. The summed E-state index contributed by atoms with van der Waals surface area (Å²) in [5.74, 6) is 0.653. The van der Waals surface area contributed by atoms with Gasteiger partial charge in [0.25, 0.3) is 5.56 Å². The number of carbonyl (C=O) groups is 2. The van der Waals surface area contributed by atoms with Gasteiger partial charge in [-0.15, -0.1) is 0 Å². The number of fused-ring (bicyclic) bond motifs is 5. The van der Waals surface area contributed by atoms with Crippen molar-refractivity contribution in [3.8, 4) is 5.75 Å². The highest BCUT2D eigenvalue weighted by molar-refractivity contribution is 7.80. The molecular weight excluding hydrogens is 512 g/mol. The maximum atomic E-state index is 14.1. The number of hydrogen-bond acceptors (Lipinski definition) is 6. The van der Waals surface area contributed by atoms with Crippen molar-refractivity contribution in [2.75, 3.05) is 40.8 Å². The van der Waals surface area contributed by atoms with Crippen LogP contribution in [0.1, 0.15) is 23.6 Å². The summed E-state index contributed by atoms with van der Waals surface area (Å²) >= 11 is 5.46. The molecule has 8 nitrogen and oxygen atoms in total. The van der Waals surface area contributed by atoms with E-state index >= 15 is 0 Å². The lowest BCUT2D eigenvalue weighted by molar-refractivity contribution is -0.157. The molecule has 39 heavy (non-hydrogen) atoms. The van der Waals surface area contributed by atoms with E-state index in [1.165, 1.54) is 9.80 Å². The second-order valence-electron chi connectivity index (χ2n) is 11.1. The molecule has 3 aromatic rings. The summed E-state index contributed by atoms with van der Waals surface area (Å²) in [6.07, 6.45) is 1.25. The van der Waals surface area contributed by atoms with E-state index in [9.17, 15) is 14.4 Å². The number of rotatable bonds is 5. The van der Waals surface area contributed by atoms with Gasteiger partial charge in [0, 0.05) is 63.3 Å². The lowest BCUT2D eigenvalue weighted by Crippen LogP contribution is -2.67. The van der Waals surface area contributed by atoms with Gasteiger partial charge < -0.3 is 14.2 Å². The molecule has 2 aromatic carbocycles. The van der Waals surface area contributed by atoms with Crippen LogP contribution < -0.4 is 10.3 Å². The Balaban J connectivity index is 1.41. The summed E-state index contributed by atoms with van der Waals surface area (Å²) in [6, 6.07) is 17.3. The molecule has 0 radical (unpaired) electrons. The molecule has 2 amide bonds. The fourth-order valence-corrected chi connectivity index (χ4v) is 7.14. The van der Waals surface area contributed by atoms with Crippen LogP contribution in [-0.2, 0) is 22.6 Å². The highest BCUT2D eigenvalue weighted by Crippen LogP contribution is 2.41. The van der Waals surface area contributed by atoms with Crippen LogP contribution >= 0.6 is 12.2 Å². The van der Waals surface area contributed by atoms with Crippen molar-refractivity contribution in [2.24, 2.45) is 11.3 Å². The van der Waals surface area contributed by atoms with Crippen LogP contribution in [-0.4, -0.2) is 77.0 Å². The van der Waals surface area contributed by atoms with E-state index in [0.717, 1.165) is 40.7 Å². The van der Waals surface area contributed by atoms with Gasteiger partial charge in [-0.2, -0.15) is 0 Å². The summed E-state index contributed by atoms with van der Waals surface area (Å²) in [5, 5.41) is 2.11. The van der Waals surface area contributed by atoms with Crippen LogP contribution in [0.4, 0.5) is 0 Å². The van der Waals surface area contributed by atoms with Crippen LogP contribution in [0.5, 0.6) is 5.75 Å². The molecule has 4 heterocycles. The van der Waals surface area contributed by atoms with Crippen molar-refractivity contribution in [3.05, 3.63) is 76.2 Å². The maximum absolute atomic E-state index is 14.1. The molecule has 9 heteroatoms. The molecule has 2 atom stereocenters. The number of amides is 2. The molecular formula is C30H32N4O4S. The number of likely N-dealkylation sites (tertiary alicyclic amines) is 1. The molecule has 3 aliphatic rings. The molecule has 6 rings (SSSR count). The number of ether oxygens (including phenoxy) is 1. The third-order valence-corrected chi connectivity index (χ3v) is 9.29. The van der Waals surface area contributed by atoms with Crippen molar-refractivity contribution < 1.29 is 14.3 Å². The van der Waals surface area contributed by atoms with Crippen LogP contribution in [0.15, 0.2) is 59.4 Å². The second kappa shape index (κ2) is 9.57. The van der Waals surface area contributed by atoms with Gasteiger partial charge in [0.2, 0.25) is 11.8 Å². The number of aromatic nitrogens is 1. The van der Waals surface area contributed by atoms with Crippen molar-refractivity contribution >= 4 is 39.9 Å². The quantitative estimate of drug-likeness (QED) is 0.363. The van der Waals surface area contributed by atoms with Gasteiger partial charge in [-0.25, -0.2) is 0 Å². The van der Waals surface area contributed by atoms with E-state index in [4.69, 9.17) is 17.0 Å². The number of methoxy groups -OCH3 is 1. The van der Waals surface area contributed by atoms with E-state index in [1.807, 2.05) is 53.1 Å². The zero-order valence-electron chi connectivity index (χ0n) is 22.4. The normalized spacial score (nSPS) is 22.8. The molecule has 0 aliphatic carbocycles. The minimum Gasteiger partial charge on any atom is -0.496 e. The molecule has 2 fully saturated rings. The zero-order chi connectivity index (χ0) is 27.5. The minimum atomic E-state index is -1.34. The highest BCUT2D eigenvalue weighted by atomic mass is 32.1. The Kier molecular flexibility index (Phi) is 6.31. The zero-order valence-corrected chi connectivity index (χ0v) is 23.2. The molecule has 202 valence electrons. The second-order valence-corrected chi connectivity index (χ2v) is 11.5. The number of hydrogen-bond donors (Lipinski definition) is 0. The first-order valence-electron chi connectivity index (χ1n) is 13.3. The Morgan fingerprint density at radius 1 is 0.897 bits per heavy atom. The largest absolute Gasteiger partial charge is 0.496 e. The minimum absolute atomic E-state index is 0.0351. The van der Waals surface area contributed by atoms with Gasteiger partial charge in [-0.3, -0.25) is 24.2 Å². The first kappa shape index (κ1) is 25.7. The predicted molar refractivity (Wildman–Crippen MR) is 153 cm³/mol. The van der Waals surface area contributed by atoms with E-state index in [2.05, 4.69) is 4.90 Å². The van der Waals surface area contributed by atoms with Crippen molar-refractivity contribution in [1.82, 2.24) is 19.3 Å². The van der Waals surface area contributed by atoms with Gasteiger partial charge in [0.1, 0.15) is 11.2 Å². The monoisotopic (exact) mass is 544 g/mol. The summed E-state index contributed by atoms with van der Waals surface area (Å²) in [7, 11) is 4.95. The van der Waals surface area contributed by atoms with E-state index in [0.29, 0.717) is 13.1 Å². The van der Waals surface area contributed by atoms with E-state index < -0.39 is 5.41 Å². The number of carbonyl (C=O) groups excluding carboxylic acids is 2. The Bertz CT molecular complexity index is 1540. The molecule has 0 N–H and O–H groups in total. The summed E-state index contributed by atoms with van der Waals surface area (Å²) in [4.78, 5) is 45.9. The van der Waals surface area contributed by atoms with Crippen LogP contribution in [0.25, 0.3) is 10.8 Å². The number of benzene rings is 2. The number of pyridine rings is 1. The Hall–Kier alpha value is -3.56. The molecule has 2 bridgehead atoms. The summed E-state index contributed by atoms with van der Waals surface area (Å²) < 4.78 is 7.48. The number of nitrogens with zero attached hydrogens (tertiary/aromatic N) is 4. The highest BCUT2D eigenvalue weighted by Gasteiger charge is 2.55. The van der Waals surface area contributed by atoms with Gasteiger partial charge >= 0.3 is 0 Å². The van der Waals surface area contributed by atoms with Gasteiger partial charge in [0.15, 0.2) is 5.11 Å². The van der Waals surface area contributed by atoms with E-state index in [1.54, 1.807) is 27.3 Å². The average molecular weight is 545 g/mol. The lowest BCUT2D eigenvalue weighted by Gasteiger charge is -2.48. The maximum Gasteiger partial charge on any atom is 0.250 e. The number of piperidine rings is 1. The van der Waals surface area contributed by atoms with Crippen molar-refractivity contribution in [3.63, 3.8) is 0 Å². The van der Waals surface area contributed by atoms with Crippen LogP contribution in [0.3, 0.4) is 0 Å². The molecule has 0 spiro atoms. The first-order chi connectivity index (χ1) is 18.7. The lowest BCUT2D eigenvalue weighted by atomic mass is 9.74. The van der Waals surface area contributed by atoms with E-state index in [-0.39, 0.29) is 47.3 Å². The van der Waals surface area contributed by atoms with Crippen LogP contribution in [0.2, 0.25) is 0 Å². The van der Waals surface area contributed by atoms with Crippen molar-refractivity contribution in [2.45, 2.75) is 25.3 Å². The SMILES string of the molecule is COc1ccc(CC2(CN3C[C@H]4C[C@H](C3)c3cccc(=O)n3C4)C(=O)N(C)C(=S)N(C)C2=O)c2ccccc12. The molecule has 2 saturated heterocycles. The first-order valence-corrected chi connectivity index (χ1v) is 13.7. The van der Waals surface area contributed by atoms with Gasteiger partial charge in [-0.1, -0.05) is 36.4 Å². The summed E-state index contributed by atoms with van der Waals surface area (Å²) in [5.41, 5.74) is 0.644. The van der Waals surface area contributed by atoms with Crippen LogP contribution in [0, 0.1) is 11.3 Å². The number of thiocarbonyl (C=S) groups is 1. The third-order valence-electron chi connectivity index (χ3n) is 8.74. The van der Waals surface area contributed by atoms with Gasteiger partial charge in [0.05, 0.1) is 7.11 Å². The average Bonchev–Trinajstić information content (AvgIpc) is 2.95. The topological polar surface area (TPSA) is 75.1 Å². The standard InChI is InChI=1S/C30H32N4O4S/c1-31-27(36)30(28(37)32(2)29(31)39,14-20-11-12-25(38-3)23-8-5-4-7-22(20)23)18-33-15-19-13-21(17-33)24-9-6-10-26(35)34(24)16-19/h4-12,19,21H,13-18H2,1-3H3/t19-,21-/m1/s1.